The van der Waals surface area contributed by atoms with Crippen molar-refractivity contribution >= 4 is 29.1 Å². The van der Waals surface area contributed by atoms with Gasteiger partial charge in [-0.1, -0.05) is 89.8 Å². The molecular weight excluding hydrogens is 556 g/mol. The highest BCUT2D eigenvalue weighted by atomic mass is 32.2. The van der Waals surface area contributed by atoms with Crippen LogP contribution in [-0.2, 0) is 22.6 Å². The summed E-state index contributed by atoms with van der Waals surface area (Å²) in [6.07, 6.45) is 0.0144. The summed E-state index contributed by atoms with van der Waals surface area (Å²) in [7, 11) is 0. The molecule has 1 saturated heterocycles. The van der Waals surface area contributed by atoms with Crippen LogP contribution in [0.3, 0.4) is 0 Å². The molecule has 1 aliphatic rings. The number of thioether (sulfide) groups is 1. The van der Waals surface area contributed by atoms with Gasteiger partial charge in [0.2, 0.25) is 0 Å². The van der Waals surface area contributed by atoms with E-state index in [-0.39, 0.29) is 24.8 Å². The molecule has 0 spiro atoms. The fourth-order valence-corrected chi connectivity index (χ4v) is 6.48. The molecule has 0 radical (unpaired) electrons. The monoisotopic (exact) mass is 590 g/mol. The third kappa shape index (κ3) is 7.93. The first-order valence-electron chi connectivity index (χ1n) is 13.6. The summed E-state index contributed by atoms with van der Waals surface area (Å²) in [4.78, 5) is 11.8. The zero-order chi connectivity index (χ0) is 28.6. The second kappa shape index (κ2) is 14.1. The van der Waals surface area contributed by atoms with Gasteiger partial charge in [-0.15, -0.1) is 10.2 Å². The van der Waals surface area contributed by atoms with Crippen molar-refractivity contribution in [2.75, 3.05) is 12.3 Å². The van der Waals surface area contributed by atoms with Crippen LogP contribution in [0.2, 0.25) is 0 Å². The Morgan fingerprint density at radius 1 is 0.976 bits per heavy atom. The quantitative estimate of drug-likeness (QED) is 0.190. The molecule has 1 aliphatic heterocycles. The Kier molecular flexibility index (Phi) is 10.0. The number of ether oxygens (including phenoxy) is 2. The van der Waals surface area contributed by atoms with Gasteiger partial charge in [-0.05, 0) is 47.7 Å². The van der Waals surface area contributed by atoms with Crippen LogP contribution < -0.4 is 10.6 Å². The van der Waals surface area contributed by atoms with Crippen LogP contribution in [0.1, 0.15) is 53.0 Å². The fraction of sp³-hybridized carbons (Fsp3) is 0.323. The zero-order valence-corrected chi connectivity index (χ0v) is 24.7. The number of hydrogen-bond donors (Lipinski definition) is 3. The molecule has 8 nitrogen and oxygen atoms in total. The lowest BCUT2D eigenvalue weighted by Crippen LogP contribution is -2.34. The standard InChI is InChI=1S/C31H34N4O4S2/c1-3-32-30(37)33-17-22-5-4-6-26(15-22)23-11-13-25(14-12-23)29-38-27(19-40-31-35-34-20(2)41-31)16-28(39-29)24-9-7-21(18-36)8-10-24/h4-15,27-29,36H,3,16-19H2,1-2H3,(H2,32,33,37). The summed E-state index contributed by atoms with van der Waals surface area (Å²) in [6.45, 7) is 4.91. The number of carbonyl (C=O) groups is 1. The minimum absolute atomic E-state index is 0.0119. The summed E-state index contributed by atoms with van der Waals surface area (Å²) in [5.74, 6) is 0.745. The smallest absolute Gasteiger partial charge is 0.315 e. The normalized spacial score (nSPS) is 18.7. The van der Waals surface area contributed by atoms with E-state index in [2.05, 4.69) is 57.2 Å². The lowest BCUT2D eigenvalue weighted by atomic mass is 9.99. The predicted molar refractivity (Wildman–Crippen MR) is 162 cm³/mol. The van der Waals surface area contributed by atoms with Gasteiger partial charge in [0, 0.05) is 30.8 Å². The average molecular weight is 591 g/mol. The number of hydrogen-bond acceptors (Lipinski definition) is 8. The molecule has 0 saturated carbocycles. The molecule has 3 unspecified atom stereocenters. The first kappa shape index (κ1) is 29.2. The second-order valence-electron chi connectivity index (χ2n) is 9.78. The number of nitrogens with one attached hydrogen (secondary N) is 2. The first-order valence-corrected chi connectivity index (χ1v) is 15.5. The Labute approximate surface area is 248 Å². The van der Waals surface area contributed by atoms with E-state index in [4.69, 9.17) is 9.47 Å². The Balaban J connectivity index is 1.30. The number of carbonyl (C=O) groups excluding carboxylic acids is 1. The van der Waals surface area contributed by atoms with E-state index in [0.717, 1.165) is 54.9 Å². The molecule has 4 aromatic rings. The van der Waals surface area contributed by atoms with E-state index in [1.807, 2.05) is 50.2 Å². The van der Waals surface area contributed by atoms with Crippen molar-refractivity contribution < 1.29 is 19.4 Å². The van der Waals surface area contributed by atoms with Crippen molar-refractivity contribution in [1.29, 1.82) is 0 Å². The summed E-state index contributed by atoms with van der Waals surface area (Å²) in [5, 5.41) is 24.4. The van der Waals surface area contributed by atoms with Gasteiger partial charge in [0.15, 0.2) is 10.6 Å². The first-order chi connectivity index (χ1) is 20.0. The molecule has 2 heterocycles. The number of benzene rings is 3. The number of aliphatic hydroxyl groups excluding tert-OH is 1. The van der Waals surface area contributed by atoms with E-state index < -0.39 is 6.29 Å². The highest BCUT2D eigenvalue weighted by Crippen LogP contribution is 2.40. The Morgan fingerprint density at radius 2 is 1.76 bits per heavy atom. The van der Waals surface area contributed by atoms with Crippen LogP contribution >= 0.6 is 23.1 Å². The van der Waals surface area contributed by atoms with E-state index in [1.165, 1.54) is 0 Å². The number of aryl methyl sites for hydroxylation is 1. The van der Waals surface area contributed by atoms with E-state index in [9.17, 15) is 9.90 Å². The third-order valence-corrected chi connectivity index (χ3v) is 8.85. The molecule has 2 amide bonds. The van der Waals surface area contributed by atoms with Gasteiger partial charge in [0.1, 0.15) is 5.01 Å². The lowest BCUT2D eigenvalue weighted by molar-refractivity contribution is -0.245. The minimum atomic E-state index is -0.519. The van der Waals surface area contributed by atoms with Crippen molar-refractivity contribution in [3.63, 3.8) is 0 Å². The van der Waals surface area contributed by atoms with Crippen LogP contribution in [0.25, 0.3) is 11.1 Å². The van der Waals surface area contributed by atoms with Crippen molar-refractivity contribution in [2.24, 2.45) is 0 Å². The van der Waals surface area contributed by atoms with Gasteiger partial charge < -0.3 is 25.2 Å². The van der Waals surface area contributed by atoms with E-state index >= 15 is 0 Å². The van der Waals surface area contributed by atoms with E-state index in [1.54, 1.807) is 23.1 Å². The van der Waals surface area contributed by atoms with Crippen LogP contribution in [0.5, 0.6) is 0 Å². The molecule has 3 atom stereocenters. The topological polar surface area (TPSA) is 106 Å². The number of urea groups is 1. The molecule has 0 aliphatic carbocycles. The molecule has 214 valence electrons. The molecule has 3 aromatic carbocycles. The molecule has 5 rings (SSSR count). The number of aromatic nitrogens is 2. The van der Waals surface area contributed by atoms with Crippen LogP contribution in [-0.4, -0.2) is 39.7 Å². The van der Waals surface area contributed by atoms with Crippen molar-refractivity contribution in [1.82, 2.24) is 20.8 Å². The summed E-state index contributed by atoms with van der Waals surface area (Å²) >= 11 is 3.25. The van der Waals surface area contributed by atoms with Crippen LogP contribution in [0, 0.1) is 6.92 Å². The van der Waals surface area contributed by atoms with Gasteiger partial charge in [0.05, 0.1) is 18.8 Å². The molecule has 0 bridgehead atoms. The average Bonchev–Trinajstić information content (AvgIpc) is 3.44. The maximum atomic E-state index is 11.8. The summed E-state index contributed by atoms with van der Waals surface area (Å²) in [5.41, 5.74) is 6.04. The molecular formula is C31H34N4O4S2. The highest BCUT2D eigenvalue weighted by molar-refractivity contribution is 8.01. The fourth-order valence-electron chi connectivity index (χ4n) is 4.62. The molecule has 41 heavy (non-hydrogen) atoms. The molecule has 10 heteroatoms. The van der Waals surface area contributed by atoms with Gasteiger partial charge in [-0.3, -0.25) is 0 Å². The highest BCUT2D eigenvalue weighted by Gasteiger charge is 2.32. The zero-order valence-electron chi connectivity index (χ0n) is 23.1. The third-order valence-electron chi connectivity index (χ3n) is 6.75. The van der Waals surface area contributed by atoms with Crippen LogP contribution in [0.15, 0.2) is 77.1 Å². The van der Waals surface area contributed by atoms with Crippen molar-refractivity contribution in [3.05, 3.63) is 100 Å². The lowest BCUT2D eigenvalue weighted by Gasteiger charge is -2.36. The van der Waals surface area contributed by atoms with Gasteiger partial charge in [0.25, 0.3) is 0 Å². The maximum absolute atomic E-state index is 11.8. The maximum Gasteiger partial charge on any atom is 0.315 e. The Morgan fingerprint density at radius 3 is 2.46 bits per heavy atom. The predicted octanol–water partition coefficient (Wildman–Crippen LogP) is 6.16. The largest absolute Gasteiger partial charge is 0.392 e. The van der Waals surface area contributed by atoms with Crippen LogP contribution in [0.4, 0.5) is 4.79 Å². The Hall–Kier alpha value is -3.28. The molecule has 1 aromatic heterocycles. The SMILES string of the molecule is CCNC(=O)NCc1cccc(-c2ccc(C3OC(CSc4nnc(C)s4)CC(c4ccc(CO)cc4)O3)cc2)c1. The summed E-state index contributed by atoms with van der Waals surface area (Å²) < 4.78 is 13.9. The minimum Gasteiger partial charge on any atom is -0.392 e. The Bertz CT molecular complexity index is 1430. The van der Waals surface area contributed by atoms with Crippen molar-refractivity contribution in [2.45, 2.75) is 56.3 Å². The second-order valence-corrected chi connectivity index (χ2v) is 12.2. The molecule has 3 N–H and O–H groups in total. The van der Waals surface area contributed by atoms with Crippen molar-refractivity contribution in [3.8, 4) is 11.1 Å². The van der Waals surface area contributed by atoms with Gasteiger partial charge in [-0.25, -0.2) is 4.79 Å². The summed E-state index contributed by atoms with van der Waals surface area (Å²) in [6, 6.07) is 24.1. The van der Waals surface area contributed by atoms with E-state index in [0.29, 0.717) is 13.1 Å². The van der Waals surface area contributed by atoms with Gasteiger partial charge >= 0.3 is 6.03 Å². The number of nitrogens with zero attached hydrogens (tertiary/aromatic N) is 2. The number of aliphatic hydroxyl groups is 1. The number of rotatable bonds is 10. The molecule has 1 fully saturated rings. The van der Waals surface area contributed by atoms with Gasteiger partial charge in [-0.2, -0.15) is 0 Å². The number of amides is 2.